The number of carbonyl (C=O) groups is 3. The molecule has 2 fully saturated rings. The summed E-state index contributed by atoms with van der Waals surface area (Å²) in [7, 11) is 1.61. The van der Waals surface area contributed by atoms with Gasteiger partial charge < -0.3 is 19.9 Å². The van der Waals surface area contributed by atoms with Crippen LogP contribution < -0.4 is 10.1 Å². The van der Waals surface area contributed by atoms with Crippen LogP contribution >= 0.6 is 0 Å². The van der Waals surface area contributed by atoms with Crippen molar-refractivity contribution >= 4 is 28.5 Å². The van der Waals surface area contributed by atoms with Gasteiger partial charge in [-0.15, -0.1) is 0 Å². The average Bonchev–Trinajstić information content (AvgIpc) is 3.45. The molecule has 0 unspecified atom stereocenters. The maximum absolute atomic E-state index is 13.8. The van der Waals surface area contributed by atoms with Gasteiger partial charge in [0.2, 0.25) is 11.8 Å². The van der Waals surface area contributed by atoms with Gasteiger partial charge in [-0.05, 0) is 66.6 Å². The zero-order valence-corrected chi connectivity index (χ0v) is 21.2. The second-order valence-electron chi connectivity index (χ2n) is 9.80. The Hall–Kier alpha value is -3.87. The van der Waals surface area contributed by atoms with Crippen molar-refractivity contribution in [3.8, 4) is 5.75 Å². The lowest BCUT2D eigenvalue weighted by Gasteiger charge is -2.38. The number of hydrogen-bond acceptors (Lipinski definition) is 4. The number of hydrogen-bond donors (Lipinski definition) is 1. The number of nitrogens with one attached hydrogen (secondary N) is 1. The third kappa shape index (κ3) is 5.17. The molecular weight excluding hydrogens is 466 g/mol. The molecule has 3 aromatic carbocycles. The van der Waals surface area contributed by atoms with Crippen LogP contribution in [0.4, 0.5) is 0 Å². The predicted molar refractivity (Wildman–Crippen MR) is 142 cm³/mol. The zero-order valence-electron chi connectivity index (χ0n) is 21.2. The minimum atomic E-state index is -0.549. The SMILES string of the molecule is COc1cccc(CNC(=O)[C@@H]2CCCN2C(=O)[C@H]2CCCCN2C(=O)c2cccc3ccccc23)c1. The second kappa shape index (κ2) is 11.0. The lowest BCUT2D eigenvalue weighted by molar-refractivity contribution is -0.142. The van der Waals surface area contributed by atoms with Gasteiger partial charge in [-0.25, -0.2) is 0 Å². The summed E-state index contributed by atoms with van der Waals surface area (Å²) in [5.74, 6) is 0.342. The normalized spacial score (nSPS) is 19.6. The third-order valence-corrected chi connectivity index (χ3v) is 7.51. The number of benzene rings is 3. The quantitative estimate of drug-likeness (QED) is 0.553. The number of rotatable bonds is 6. The Morgan fingerprint density at radius 2 is 1.62 bits per heavy atom. The van der Waals surface area contributed by atoms with Crippen molar-refractivity contribution in [2.75, 3.05) is 20.2 Å². The Kier molecular flexibility index (Phi) is 7.40. The largest absolute Gasteiger partial charge is 0.497 e. The fourth-order valence-electron chi connectivity index (χ4n) is 5.58. The van der Waals surface area contributed by atoms with Crippen LogP contribution in [-0.4, -0.2) is 59.8 Å². The first-order valence-corrected chi connectivity index (χ1v) is 13.1. The van der Waals surface area contributed by atoms with Gasteiger partial charge in [0, 0.05) is 25.2 Å². The van der Waals surface area contributed by atoms with E-state index in [1.807, 2.05) is 66.7 Å². The van der Waals surface area contributed by atoms with E-state index in [2.05, 4.69) is 5.32 Å². The molecule has 3 amide bonds. The summed E-state index contributed by atoms with van der Waals surface area (Å²) < 4.78 is 5.26. The fourth-order valence-corrected chi connectivity index (χ4v) is 5.58. The summed E-state index contributed by atoms with van der Waals surface area (Å²) in [6.07, 6.45) is 3.76. The van der Waals surface area contributed by atoms with Gasteiger partial charge in [-0.1, -0.05) is 48.5 Å². The molecular formula is C30H33N3O4. The van der Waals surface area contributed by atoms with Gasteiger partial charge in [0.25, 0.3) is 5.91 Å². The van der Waals surface area contributed by atoms with Crippen LogP contribution in [0.25, 0.3) is 10.8 Å². The van der Waals surface area contributed by atoms with Crippen molar-refractivity contribution in [2.45, 2.75) is 50.7 Å². The summed E-state index contributed by atoms with van der Waals surface area (Å²) in [5.41, 5.74) is 1.55. The fraction of sp³-hybridized carbons (Fsp3) is 0.367. The number of nitrogens with zero attached hydrogens (tertiary/aromatic N) is 2. The van der Waals surface area contributed by atoms with Gasteiger partial charge in [-0.2, -0.15) is 0 Å². The van der Waals surface area contributed by atoms with E-state index in [1.165, 1.54) is 0 Å². The number of likely N-dealkylation sites (tertiary alicyclic amines) is 2. The number of fused-ring (bicyclic) bond motifs is 1. The number of ether oxygens (including phenoxy) is 1. The Bertz CT molecular complexity index is 1300. The maximum atomic E-state index is 13.8. The molecule has 0 saturated carbocycles. The molecule has 5 rings (SSSR count). The molecule has 192 valence electrons. The minimum Gasteiger partial charge on any atom is -0.497 e. The summed E-state index contributed by atoms with van der Waals surface area (Å²) in [4.78, 5) is 44.1. The van der Waals surface area contributed by atoms with E-state index in [-0.39, 0.29) is 17.7 Å². The summed E-state index contributed by atoms with van der Waals surface area (Å²) >= 11 is 0. The molecule has 3 aromatic rings. The van der Waals surface area contributed by atoms with E-state index in [4.69, 9.17) is 4.74 Å². The van der Waals surface area contributed by atoms with Crippen LogP contribution in [0, 0.1) is 0 Å². The van der Waals surface area contributed by atoms with E-state index in [0.717, 1.165) is 41.3 Å². The average molecular weight is 500 g/mol. The van der Waals surface area contributed by atoms with Crippen molar-refractivity contribution in [1.82, 2.24) is 15.1 Å². The predicted octanol–water partition coefficient (Wildman–Crippen LogP) is 4.15. The van der Waals surface area contributed by atoms with Crippen molar-refractivity contribution in [3.63, 3.8) is 0 Å². The summed E-state index contributed by atoms with van der Waals surface area (Å²) in [5, 5.41) is 4.88. The molecule has 7 nitrogen and oxygen atoms in total. The van der Waals surface area contributed by atoms with E-state index in [0.29, 0.717) is 38.0 Å². The first-order chi connectivity index (χ1) is 18.1. The Balaban J connectivity index is 1.31. The molecule has 2 aliphatic heterocycles. The van der Waals surface area contributed by atoms with E-state index >= 15 is 0 Å². The highest BCUT2D eigenvalue weighted by Gasteiger charge is 2.41. The number of piperidine rings is 1. The van der Waals surface area contributed by atoms with Gasteiger partial charge >= 0.3 is 0 Å². The Labute approximate surface area is 217 Å². The van der Waals surface area contributed by atoms with Gasteiger partial charge in [0.05, 0.1) is 7.11 Å². The molecule has 7 heteroatoms. The highest BCUT2D eigenvalue weighted by atomic mass is 16.5. The van der Waals surface area contributed by atoms with Gasteiger partial charge in [0.1, 0.15) is 17.8 Å². The Morgan fingerprint density at radius 1 is 0.865 bits per heavy atom. The van der Waals surface area contributed by atoms with Crippen LogP contribution in [0.15, 0.2) is 66.7 Å². The molecule has 0 spiro atoms. The van der Waals surface area contributed by atoms with Gasteiger partial charge in [-0.3, -0.25) is 14.4 Å². The summed E-state index contributed by atoms with van der Waals surface area (Å²) in [6, 6.07) is 20.0. The number of carbonyl (C=O) groups excluding carboxylic acids is 3. The summed E-state index contributed by atoms with van der Waals surface area (Å²) in [6.45, 7) is 1.44. The standard InChI is InChI=1S/C30H33N3O4/c1-37-23-12-6-9-21(19-23)20-31-28(34)26-16-8-18-32(26)30(36)27-15-4-5-17-33(27)29(35)25-14-7-11-22-10-2-3-13-24(22)25/h2-3,6-7,9-14,19,26-27H,4-5,8,15-18,20H2,1H3,(H,31,34)/t26-,27+/m0/s1. The van der Waals surface area contributed by atoms with Crippen molar-refractivity contribution in [1.29, 1.82) is 0 Å². The van der Waals surface area contributed by atoms with E-state index in [9.17, 15) is 14.4 Å². The van der Waals surface area contributed by atoms with Crippen LogP contribution in [0.2, 0.25) is 0 Å². The van der Waals surface area contributed by atoms with Crippen molar-refractivity contribution in [3.05, 3.63) is 77.9 Å². The maximum Gasteiger partial charge on any atom is 0.255 e. The molecule has 0 aliphatic carbocycles. The lowest BCUT2D eigenvalue weighted by Crippen LogP contribution is -2.56. The second-order valence-corrected chi connectivity index (χ2v) is 9.80. The topological polar surface area (TPSA) is 79.0 Å². The molecule has 0 radical (unpaired) electrons. The number of methoxy groups -OCH3 is 1. The highest BCUT2D eigenvalue weighted by molar-refractivity contribution is 6.08. The monoisotopic (exact) mass is 499 g/mol. The van der Waals surface area contributed by atoms with Crippen LogP contribution in [0.1, 0.15) is 48.0 Å². The van der Waals surface area contributed by atoms with E-state index in [1.54, 1.807) is 16.9 Å². The van der Waals surface area contributed by atoms with Gasteiger partial charge in [0.15, 0.2) is 0 Å². The van der Waals surface area contributed by atoms with Crippen LogP contribution in [0.3, 0.4) is 0 Å². The zero-order chi connectivity index (χ0) is 25.8. The molecule has 0 bridgehead atoms. The molecule has 37 heavy (non-hydrogen) atoms. The van der Waals surface area contributed by atoms with E-state index < -0.39 is 12.1 Å². The van der Waals surface area contributed by atoms with Crippen molar-refractivity contribution < 1.29 is 19.1 Å². The highest BCUT2D eigenvalue weighted by Crippen LogP contribution is 2.28. The van der Waals surface area contributed by atoms with Crippen LogP contribution in [-0.2, 0) is 16.1 Å². The first-order valence-electron chi connectivity index (χ1n) is 13.1. The Morgan fingerprint density at radius 3 is 2.49 bits per heavy atom. The lowest BCUT2D eigenvalue weighted by atomic mass is 9.97. The minimum absolute atomic E-state index is 0.118. The third-order valence-electron chi connectivity index (χ3n) is 7.51. The molecule has 2 heterocycles. The molecule has 1 N–H and O–H groups in total. The molecule has 0 aromatic heterocycles. The molecule has 2 atom stereocenters. The first kappa shape index (κ1) is 24.8. The smallest absolute Gasteiger partial charge is 0.255 e. The molecule has 2 aliphatic rings. The molecule has 2 saturated heterocycles. The van der Waals surface area contributed by atoms with Crippen LogP contribution in [0.5, 0.6) is 5.75 Å². The van der Waals surface area contributed by atoms with Crippen molar-refractivity contribution in [2.24, 2.45) is 0 Å². The number of amides is 3.